The number of carbonyl (C=O) groups excluding carboxylic acids is 4. The number of hydrogen-bond donors (Lipinski definition) is 4. The number of rotatable bonds is 18. The normalized spacial score (nSPS) is 11.2. The second kappa shape index (κ2) is 20.1. The van der Waals surface area contributed by atoms with Crippen LogP contribution >= 0.6 is 0 Å². The van der Waals surface area contributed by atoms with Crippen molar-refractivity contribution in [3.63, 3.8) is 0 Å². The number of esters is 2. The quantitative estimate of drug-likeness (QED) is 0.0596. The summed E-state index contributed by atoms with van der Waals surface area (Å²) < 4.78 is 64.7. The molecule has 0 aliphatic carbocycles. The summed E-state index contributed by atoms with van der Waals surface area (Å²) in [4.78, 5) is 49.7. The molecule has 55 heavy (non-hydrogen) atoms. The fourth-order valence-electron chi connectivity index (χ4n) is 5.27. The Morgan fingerprint density at radius 1 is 0.491 bits per heavy atom. The number of carbonyl (C=O) groups is 4. The lowest BCUT2D eigenvalue weighted by atomic mass is 10.1. The monoisotopic (exact) mass is 792 g/mol. The summed E-state index contributed by atoms with van der Waals surface area (Å²) in [6.07, 6.45) is 5.83. The number of hydrogen-bond acceptors (Lipinski definition) is 10. The predicted octanol–water partition coefficient (Wildman–Crippen LogP) is 7.07. The van der Waals surface area contributed by atoms with Gasteiger partial charge in [0.05, 0.1) is 34.1 Å². The van der Waals surface area contributed by atoms with Gasteiger partial charge < -0.3 is 20.1 Å². The van der Waals surface area contributed by atoms with Crippen molar-refractivity contribution in [2.75, 3.05) is 23.8 Å². The van der Waals surface area contributed by atoms with Crippen molar-refractivity contribution in [2.24, 2.45) is 0 Å². The Bertz CT molecular complexity index is 2050. The maximum atomic E-state index is 12.5. The molecule has 4 aromatic carbocycles. The summed E-state index contributed by atoms with van der Waals surface area (Å²) in [7, 11) is -8.16. The second-order valence-electron chi connectivity index (χ2n) is 12.7. The molecule has 0 aromatic heterocycles. The molecule has 0 fully saturated rings. The van der Waals surface area contributed by atoms with E-state index < -0.39 is 44.0 Å². The zero-order valence-corrected chi connectivity index (χ0v) is 32.1. The van der Waals surface area contributed by atoms with Crippen LogP contribution in [-0.4, -0.2) is 54.1 Å². The zero-order valence-electron chi connectivity index (χ0n) is 30.5. The van der Waals surface area contributed by atoms with E-state index in [1.807, 2.05) is 9.44 Å². The van der Waals surface area contributed by atoms with Crippen molar-refractivity contribution in [2.45, 2.75) is 68.6 Å². The fraction of sp³-hybridized carbons (Fsp3) is 0.282. The molecule has 16 heteroatoms. The first kappa shape index (κ1) is 42.0. The smallest absolute Gasteiger partial charge is 0.338 e. The lowest BCUT2D eigenvalue weighted by molar-refractivity contribution is 0.0490. The highest BCUT2D eigenvalue weighted by atomic mass is 32.2. The Balaban J connectivity index is 1.05. The maximum absolute atomic E-state index is 12.5. The average Bonchev–Trinajstić information content (AvgIpc) is 3.13. The molecule has 0 bridgehead atoms. The number of benzene rings is 4. The molecule has 0 radical (unpaired) electrons. The molecule has 4 amide bonds. The third kappa shape index (κ3) is 13.9. The standard InChI is InChI=1S/C39H44N4O10S2/c1-28-14-10-20-34(24-28)54(48,49)42-38(46)40-32-18-12-16-30(26-32)36(44)52-22-8-6-4-3-5-7-9-23-53-37(45)31-17-13-19-33(27-31)41-39(47)43-55(50,51)35-21-11-15-29(2)25-35/h10-21,24-27H,3-9,22-23H2,1-2H3,(H2,40,42,46)(H2,41,43,47). The van der Waals surface area contributed by atoms with Gasteiger partial charge in [-0.1, -0.05) is 68.5 Å². The van der Waals surface area contributed by atoms with Crippen LogP contribution in [0.1, 0.15) is 76.8 Å². The molecular weight excluding hydrogens is 749 g/mol. The van der Waals surface area contributed by atoms with Gasteiger partial charge in [-0.2, -0.15) is 0 Å². The summed E-state index contributed by atoms with van der Waals surface area (Å²) in [5, 5.41) is 4.85. The summed E-state index contributed by atoms with van der Waals surface area (Å²) in [6.45, 7) is 3.91. The number of sulfonamides is 2. The molecule has 14 nitrogen and oxygen atoms in total. The van der Waals surface area contributed by atoms with Crippen molar-refractivity contribution in [1.82, 2.24) is 9.44 Å². The Morgan fingerprint density at radius 2 is 0.855 bits per heavy atom. The molecule has 0 heterocycles. The van der Waals surface area contributed by atoms with Crippen LogP contribution in [0.2, 0.25) is 0 Å². The highest BCUT2D eigenvalue weighted by Crippen LogP contribution is 2.17. The molecule has 0 atom stereocenters. The van der Waals surface area contributed by atoms with E-state index in [0.717, 1.165) is 43.2 Å². The van der Waals surface area contributed by atoms with Crippen molar-refractivity contribution < 1.29 is 45.5 Å². The van der Waals surface area contributed by atoms with Gasteiger partial charge in [-0.25, -0.2) is 45.5 Å². The molecule has 4 N–H and O–H groups in total. The van der Waals surface area contributed by atoms with Crippen LogP contribution < -0.4 is 20.1 Å². The summed E-state index contributed by atoms with van der Waals surface area (Å²) in [6, 6.07) is 22.4. The van der Waals surface area contributed by atoms with E-state index in [1.165, 1.54) is 60.7 Å². The number of amides is 4. The first-order valence-corrected chi connectivity index (χ1v) is 20.5. The molecule has 0 spiro atoms. The van der Waals surface area contributed by atoms with Gasteiger partial charge in [0.2, 0.25) is 0 Å². The molecule has 4 rings (SSSR count). The van der Waals surface area contributed by atoms with Gasteiger partial charge >= 0.3 is 24.0 Å². The zero-order chi connectivity index (χ0) is 39.8. The minimum atomic E-state index is -4.08. The van der Waals surface area contributed by atoms with E-state index in [0.29, 0.717) is 12.8 Å². The third-order valence-electron chi connectivity index (χ3n) is 8.02. The van der Waals surface area contributed by atoms with E-state index in [4.69, 9.17) is 9.47 Å². The Labute approximate surface area is 321 Å². The lowest BCUT2D eigenvalue weighted by Crippen LogP contribution is -2.34. The molecule has 0 saturated carbocycles. The first-order valence-electron chi connectivity index (χ1n) is 17.6. The Hall–Kier alpha value is -5.74. The summed E-state index contributed by atoms with van der Waals surface area (Å²) in [5.41, 5.74) is 2.31. The molecule has 0 unspecified atom stereocenters. The highest BCUT2D eigenvalue weighted by Gasteiger charge is 2.20. The van der Waals surface area contributed by atoms with Crippen LogP contribution in [0.5, 0.6) is 0 Å². The predicted molar refractivity (Wildman–Crippen MR) is 207 cm³/mol. The van der Waals surface area contributed by atoms with Gasteiger partial charge in [0.25, 0.3) is 20.0 Å². The number of nitrogens with one attached hydrogen (secondary N) is 4. The first-order chi connectivity index (χ1) is 26.2. The van der Waals surface area contributed by atoms with Gasteiger partial charge in [-0.15, -0.1) is 0 Å². The highest BCUT2D eigenvalue weighted by molar-refractivity contribution is 7.90. The SMILES string of the molecule is Cc1cccc(S(=O)(=O)NC(=O)Nc2cccc(C(=O)OCCCCCCCCCOC(=O)c3cccc(NC(=O)NS(=O)(=O)c4cccc(C)c4)c3)c2)c1. The van der Waals surface area contributed by atoms with E-state index in [1.54, 1.807) is 50.2 Å². The number of urea groups is 2. The lowest BCUT2D eigenvalue weighted by Gasteiger charge is -2.10. The Kier molecular flexibility index (Phi) is 15.3. The summed E-state index contributed by atoms with van der Waals surface area (Å²) in [5.74, 6) is -1.13. The van der Waals surface area contributed by atoms with E-state index in [9.17, 15) is 36.0 Å². The van der Waals surface area contributed by atoms with Crippen LogP contribution in [0.3, 0.4) is 0 Å². The molecule has 292 valence electrons. The van der Waals surface area contributed by atoms with E-state index in [2.05, 4.69) is 10.6 Å². The maximum Gasteiger partial charge on any atom is 0.338 e. The fourth-order valence-corrected chi connectivity index (χ4v) is 7.30. The van der Waals surface area contributed by atoms with Crippen molar-refractivity contribution in [3.05, 3.63) is 119 Å². The van der Waals surface area contributed by atoms with Crippen molar-refractivity contribution in [3.8, 4) is 0 Å². The van der Waals surface area contributed by atoms with Crippen molar-refractivity contribution in [1.29, 1.82) is 0 Å². The van der Waals surface area contributed by atoms with Crippen LogP contribution in [0.15, 0.2) is 107 Å². The van der Waals surface area contributed by atoms with Gasteiger partial charge in [0.1, 0.15) is 0 Å². The van der Waals surface area contributed by atoms with Crippen LogP contribution in [0.25, 0.3) is 0 Å². The number of ether oxygens (including phenoxy) is 2. The van der Waals surface area contributed by atoms with E-state index >= 15 is 0 Å². The Morgan fingerprint density at radius 3 is 1.24 bits per heavy atom. The summed E-state index contributed by atoms with van der Waals surface area (Å²) >= 11 is 0. The van der Waals surface area contributed by atoms with Gasteiger partial charge in [0.15, 0.2) is 0 Å². The number of unbranched alkanes of at least 4 members (excludes halogenated alkanes) is 6. The average molecular weight is 793 g/mol. The molecule has 0 aliphatic heterocycles. The molecule has 0 saturated heterocycles. The molecule has 0 aliphatic rings. The van der Waals surface area contributed by atoms with Crippen LogP contribution in [-0.2, 0) is 29.5 Å². The molecular formula is C39H44N4O10S2. The van der Waals surface area contributed by atoms with E-state index in [-0.39, 0.29) is 45.5 Å². The minimum Gasteiger partial charge on any atom is -0.462 e. The minimum absolute atomic E-state index is 0.0442. The number of aryl methyl sites for hydroxylation is 2. The van der Waals surface area contributed by atoms with Crippen LogP contribution in [0, 0.1) is 13.8 Å². The van der Waals surface area contributed by atoms with Gasteiger partial charge in [-0.05, 0) is 98.5 Å². The number of anilines is 2. The third-order valence-corrected chi connectivity index (χ3v) is 10.7. The van der Waals surface area contributed by atoms with Crippen molar-refractivity contribution >= 4 is 55.4 Å². The molecule has 4 aromatic rings. The topological polar surface area (TPSA) is 203 Å². The van der Waals surface area contributed by atoms with Crippen LogP contribution in [0.4, 0.5) is 21.0 Å². The second-order valence-corrected chi connectivity index (χ2v) is 16.0. The largest absolute Gasteiger partial charge is 0.462 e. The van der Waals surface area contributed by atoms with Gasteiger partial charge in [-0.3, -0.25) is 0 Å². The van der Waals surface area contributed by atoms with Gasteiger partial charge in [0, 0.05) is 11.4 Å².